The summed E-state index contributed by atoms with van der Waals surface area (Å²) >= 11 is 0. The molecule has 0 saturated heterocycles. The molecule has 0 N–H and O–H groups in total. The van der Waals surface area contributed by atoms with Crippen molar-refractivity contribution in [2.75, 3.05) is 0 Å². The van der Waals surface area contributed by atoms with Crippen molar-refractivity contribution in [3.05, 3.63) is 132 Å². The number of rotatable bonds is 9. The minimum Gasteiger partial charge on any atom is -0.0654 e. The molecule has 0 aromatic heterocycles. The third-order valence-corrected chi connectivity index (χ3v) is 10.5. The van der Waals surface area contributed by atoms with Gasteiger partial charge < -0.3 is 0 Å². The van der Waals surface area contributed by atoms with E-state index in [2.05, 4.69) is 134 Å². The largest absolute Gasteiger partial charge is 0.0654 e. The first-order valence-electron chi connectivity index (χ1n) is 11.4. The van der Waals surface area contributed by atoms with Crippen LogP contribution in [-0.2, 0) is 0 Å². The predicted octanol–water partition coefficient (Wildman–Crippen LogP) is 7.28. The van der Waals surface area contributed by atoms with E-state index >= 15 is 0 Å². The highest BCUT2D eigenvalue weighted by atomic mass is 31.1. The first-order valence-corrected chi connectivity index (χ1v) is 14.1. The smallest absolute Gasteiger partial charge is 0.0154 e. The SMILES string of the molecule is CCCC/C(=C/P(c1ccccc1)c1ccccc1)P(c1ccccc1)c1ccccc1. The molecule has 0 saturated carbocycles. The van der Waals surface area contributed by atoms with E-state index < -0.39 is 15.8 Å². The maximum Gasteiger partial charge on any atom is -0.0154 e. The summed E-state index contributed by atoms with van der Waals surface area (Å²) in [6.45, 7) is 2.29. The Balaban J connectivity index is 1.87. The average Bonchev–Trinajstić information content (AvgIpc) is 2.88. The van der Waals surface area contributed by atoms with Crippen molar-refractivity contribution in [2.24, 2.45) is 0 Å². The lowest BCUT2D eigenvalue weighted by Crippen LogP contribution is -2.15. The van der Waals surface area contributed by atoms with Gasteiger partial charge >= 0.3 is 0 Å². The summed E-state index contributed by atoms with van der Waals surface area (Å²) in [5.41, 5.74) is 0. The molecule has 160 valence electrons. The molecular weight excluding hydrogens is 422 g/mol. The van der Waals surface area contributed by atoms with Gasteiger partial charge in [0.05, 0.1) is 0 Å². The summed E-state index contributed by atoms with van der Waals surface area (Å²) in [5, 5.41) is 7.30. The molecular formula is C30H30P2. The molecule has 0 spiro atoms. The Morgan fingerprint density at radius 2 is 0.938 bits per heavy atom. The van der Waals surface area contributed by atoms with Crippen molar-refractivity contribution in [1.82, 2.24) is 0 Å². The molecule has 4 rings (SSSR count). The maximum absolute atomic E-state index is 2.64. The molecule has 4 aromatic rings. The maximum atomic E-state index is 2.64. The van der Waals surface area contributed by atoms with Crippen molar-refractivity contribution in [1.29, 1.82) is 0 Å². The summed E-state index contributed by atoms with van der Waals surface area (Å²) < 4.78 is 0. The lowest BCUT2D eigenvalue weighted by Gasteiger charge is -2.25. The van der Waals surface area contributed by atoms with Gasteiger partial charge in [0.1, 0.15) is 0 Å². The van der Waals surface area contributed by atoms with Gasteiger partial charge in [-0.2, -0.15) is 0 Å². The van der Waals surface area contributed by atoms with Crippen LogP contribution in [-0.4, -0.2) is 0 Å². The highest BCUT2D eigenvalue weighted by Gasteiger charge is 2.21. The van der Waals surface area contributed by atoms with Gasteiger partial charge in [-0.3, -0.25) is 0 Å². The van der Waals surface area contributed by atoms with Gasteiger partial charge in [0, 0.05) is 0 Å². The van der Waals surface area contributed by atoms with Crippen molar-refractivity contribution < 1.29 is 0 Å². The zero-order valence-electron chi connectivity index (χ0n) is 18.6. The Morgan fingerprint density at radius 3 is 1.31 bits per heavy atom. The van der Waals surface area contributed by atoms with Crippen molar-refractivity contribution in [3.8, 4) is 0 Å². The third-order valence-electron chi connectivity index (χ3n) is 5.45. The second-order valence-electron chi connectivity index (χ2n) is 7.77. The van der Waals surface area contributed by atoms with Crippen LogP contribution in [0.2, 0.25) is 0 Å². The zero-order valence-corrected chi connectivity index (χ0v) is 20.4. The van der Waals surface area contributed by atoms with Gasteiger partial charge in [-0.1, -0.05) is 135 Å². The van der Waals surface area contributed by atoms with Crippen LogP contribution in [0.15, 0.2) is 132 Å². The Labute approximate surface area is 195 Å². The van der Waals surface area contributed by atoms with E-state index in [1.165, 1.54) is 34.1 Å². The fourth-order valence-electron chi connectivity index (χ4n) is 3.85. The summed E-state index contributed by atoms with van der Waals surface area (Å²) in [6, 6.07) is 44.3. The van der Waals surface area contributed by atoms with Crippen molar-refractivity contribution >= 4 is 37.1 Å². The van der Waals surface area contributed by atoms with E-state index in [0.717, 1.165) is 6.42 Å². The molecule has 0 bridgehead atoms. The van der Waals surface area contributed by atoms with Crippen LogP contribution < -0.4 is 21.2 Å². The Morgan fingerprint density at radius 1 is 0.562 bits per heavy atom. The standard InChI is InChI=1S/C30H30P2/c1-2-3-16-30(32(28-21-12-6-13-22-28)29-23-14-7-15-24-29)25-31(26-17-8-4-9-18-26)27-19-10-5-11-20-27/h4-15,17-25H,2-3,16H2,1H3/b30-25-. The van der Waals surface area contributed by atoms with Crippen LogP contribution >= 0.6 is 15.8 Å². The van der Waals surface area contributed by atoms with Gasteiger partial charge in [-0.25, -0.2) is 0 Å². The van der Waals surface area contributed by atoms with Crippen molar-refractivity contribution in [3.63, 3.8) is 0 Å². The highest BCUT2D eigenvalue weighted by molar-refractivity contribution is 7.80. The number of hydrogen-bond donors (Lipinski definition) is 0. The van der Waals surface area contributed by atoms with Crippen LogP contribution in [0.25, 0.3) is 0 Å². The second-order valence-corrected chi connectivity index (χ2v) is 12.1. The van der Waals surface area contributed by atoms with Gasteiger partial charge in [0.25, 0.3) is 0 Å². The Hall–Kier alpha value is -2.52. The Bertz CT molecular complexity index is 1010. The molecule has 0 fully saturated rings. The van der Waals surface area contributed by atoms with E-state index in [-0.39, 0.29) is 0 Å². The van der Waals surface area contributed by atoms with Gasteiger partial charge in [0.15, 0.2) is 0 Å². The first-order chi connectivity index (χ1) is 15.9. The minimum absolute atomic E-state index is 0.562. The zero-order chi connectivity index (χ0) is 22.0. The van der Waals surface area contributed by atoms with Crippen LogP contribution in [0.4, 0.5) is 0 Å². The molecule has 0 nitrogen and oxygen atoms in total. The highest BCUT2D eigenvalue weighted by Crippen LogP contribution is 2.50. The summed E-state index contributed by atoms with van der Waals surface area (Å²) in [4.78, 5) is 0. The van der Waals surface area contributed by atoms with E-state index in [1.54, 1.807) is 5.31 Å². The van der Waals surface area contributed by atoms with Crippen LogP contribution in [0.3, 0.4) is 0 Å². The third kappa shape index (κ3) is 5.83. The average molecular weight is 453 g/mol. The van der Waals surface area contributed by atoms with Crippen molar-refractivity contribution in [2.45, 2.75) is 26.2 Å². The van der Waals surface area contributed by atoms with Crippen LogP contribution in [0.1, 0.15) is 26.2 Å². The van der Waals surface area contributed by atoms with Crippen LogP contribution in [0.5, 0.6) is 0 Å². The monoisotopic (exact) mass is 452 g/mol. The quantitative estimate of drug-likeness (QED) is 0.234. The summed E-state index contributed by atoms with van der Waals surface area (Å²) in [7, 11) is -1.13. The molecule has 0 unspecified atom stereocenters. The van der Waals surface area contributed by atoms with E-state index in [4.69, 9.17) is 0 Å². The lowest BCUT2D eigenvalue weighted by molar-refractivity contribution is 0.808. The number of hydrogen-bond acceptors (Lipinski definition) is 0. The van der Waals surface area contributed by atoms with E-state index in [0.29, 0.717) is 0 Å². The molecule has 2 heteroatoms. The molecule has 0 amide bonds. The molecule has 0 radical (unpaired) electrons. The van der Waals surface area contributed by atoms with Gasteiger partial charge in [-0.15, -0.1) is 0 Å². The normalized spacial score (nSPS) is 11.8. The molecule has 4 aromatic carbocycles. The number of allylic oxidation sites excluding steroid dienone is 1. The first kappa shape index (κ1) is 22.7. The molecule has 0 heterocycles. The molecule has 0 aliphatic carbocycles. The minimum atomic E-state index is -0.566. The van der Waals surface area contributed by atoms with Gasteiger partial charge in [-0.05, 0) is 61.0 Å². The predicted molar refractivity (Wildman–Crippen MR) is 146 cm³/mol. The molecule has 0 aliphatic heterocycles. The molecule has 0 aliphatic rings. The molecule has 32 heavy (non-hydrogen) atoms. The second kappa shape index (κ2) is 11.9. The summed E-state index contributed by atoms with van der Waals surface area (Å²) in [5.74, 6) is 2.64. The van der Waals surface area contributed by atoms with E-state index in [9.17, 15) is 0 Å². The topological polar surface area (TPSA) is 0 Å². The lowest BCUT2D eigenvalue weighted by atomic mass is 10.2. The molecule has 0 atom stereocenters. The fourth-order valence-corrected chi connectivity index (χ4v) is 8.95. The van der Waals surface area contributed by atoms with Gasteiger partial charge in [0.2, 0.25) is 0 Å². The number of benzene rings is 4. The number of unbranched alkanes of at least 4 members (excludes halogenated alkanes) is 1. The van der Waals surface area contributed by atoms with E-state index in [1.807, 2.05) is 0 Å². The Kier molecular flexibility index (Phi) is 8.44. The van der Waals surface area contributed by atoms with Crippen LogP contribution in [0, 0.1) is 0 Å². The fraction of sp³-hybridized carbons (Fsp3) is 0.133. The summed E-state index contributed by atoms with van der Waals surface area (Å²) in [6.07, 6.45) is 3.57.